The lowest BCUT2D eigenvalue weighted by Crippen LogP contribution is -2.46. The van der Waals surface area contributed by atoms with Crippen molar-refractivity contribution in [3.8, 4) is 0 Å². The largest absolute Gasteiger partial charge is 0.394 e. The first kappa shape index (κ1) is 15.4. The number of carbonyl (C=O) groups is 1. The van der Waals surface area contributed by atoms with Crippen LogP contribution in [0, 0.1) is 5.92 Å². The first-order chi connectivity index (χ1) is 8.73. The van der Waals surface area contributed by atoms with Gasteiger partial charge in [0.1, 0.15) is 0 Å². The van der Waals surface area contributed by atoms with Crippen molar-refractivity contribution in [2.24, 2.45) is 5.92 Å². The van der Waals surface area contributed by atoms with E-state index in [1.165, 1.54) is 6.07 Å². The Labute approximate surface area is 113 Å². The van der Waals surface area contributed by atoms with Gasteiger partial charge in [0.05, 0.1) is 12.1 Å². The van der Waals surface area contributed by atoms with Crippen LogP contribution in [0.3, 0.4) is 0 Å². The number of aromatic amines is 1. The Morgan fingerprint density at radius 3 is 2.58 bits per heavy atom. The second-order valence-corrected chi connectivity index (χ2v) is 5.85. The predicted molar refractivity (Wildman–Crippen MR) is 74.2 cm³/mol. The Morgan fingerprint density at radius 1 is 1.42 bits per heavy atom. The maximum absolute atomic E-state index is 12.0. The molecule has 1 aromatic heterocycles. The summed E-state index contributed by atoms with van der Waals surface area (Å²) >= 11 is 0. The van der Waals surface area contributed by atoms with Crippen LogP contribution in [0.4, 0.5) is 0 Å². The van der Waals surface area contributed by atoms with Gasteiger partial charge in [-0.3, -0.25) is 9.59 Å². The topological polar surface area (TPSA) is 82.2 Å². The van der Waals surface area contributed by atoms with Gasteiger partial charge in [-0.25, -0.2) is 0 Å². The molecule has 3 N–H and O–H groups in total. The second-order valence-electron chi connectivity index (χ2n) is 5.85. The molecule has 0 aliphatic rings. The summed E-state index contributed by atoms with van der Waals surface area (Å²) in [6.07, 6.45) is 0.708. The molecule has 0 radical (unpaired) electrons. The molecule has 0 unspecified atom stereocenters. The number of H-pyrrole nitrogens is 1. The van der Waals surface area contributed by atoms with Gasteiger partial charge >= 0.3 is 0 Å². The standard InChI is InChI=1S/C14H22N2O3/c1-9(2)5-11-6-10(7-12(18)15-11)13(19)16-14(3,4)8-17/h6-7,9,17H,5,8H2,1-4H3,(H,15,18)(H,16,19). The minimum atomic E-state index is -0.710. The van der Waals surface area contributed by atoms with Gasteiger partial charge in [-0.2, -0.15) is 0 Å². The molecular weight excluding hydrogens is 244 g/mol. The van der Waals surface area contributed by atoms with Crippen LogP contribution in [0.2, 0.25) is 0 Å². The number of aliphatic hydroxyl groups excluding tert-OH is 1. The Kier molecular flexibility index (Phi) is 4.89. The van der Waals surface area contributed by atoms with E-state index in [0.29, 0.717) is 17.9 Å². The summed E-state index contributed by atoms with van der Waals surface area (Å²) in [5.74, 6) is 0.0398. The van der Waals surface area contributed by atoms with Crippen molar-refractivity contribution in [3.63, 3.8) is 0 Å². The molecule has 1 aromatic rings. The van der Waals surface area contributed by atoms with Crippen molar-refractivity contribution in [2.75, 3.05) is 6.61 Å². The van der Waals surface area contributed by atoms with Crippen LogP contribution >= 0.6 is 0 Å². The first-order valence-corrected chi connectivity index (χ1v) is 6.40. The van der Waals surface area contributed by atoms with Crippen LogP contribution in [-0.4, -0.2) is 28.1 Å². The van der Waals surface area contributed by atoms with E-state index >= 15 is 0 Å². The number of aromatic nitrogens is 1. The lowest BCUT2D eigenvalue weighted by molar-refractivity contribution is 0.0869. The minimum absolute atomic E-state index is 0.166. The smallest absolute Gasteiger partial charge is 0.252 e. The minimum Gasteiger partial charge on any atom is -0.394 e. The van der Waals surface area contributed by atoms with Gasteiger partial charge in [0.15, 0.2) is 0 Å². The van der Waals surface area contributed by atoms with Crippen molar-refractivity contribution < 1.29 is 9.90 Å². The van der Waals surface area contributed by atoms with Crippen molar-refractivity contribution in [1.29, 1.82) is 0 Å². The van der Waals surface area contributed by atoms with E-state index in [2.05, 4.69) is 10.3 Å². The van der Waals surface area contributed by atoms with Crippen molar-refractivity contribution in [2.45, 2.75) is 39.7 Å². The molecule has 0 aliphatic carbocycles. The average molecular weight is 266 g/mol. The van der Waals surface area contributed by atoms with Crippen LogP contribution in [0.5, 0.6) is 0 Å². The summed E-state index contributed by atoms with van der Waals surface area (Å²) in [7, 11) is 0. The lowest BCUT2D eigenvalue weighted by atomic mass is 10.0. The molecule has 5 nitrogen and oxygen atoms in total. The highest BCUT2D eigenvalue weighted by Gasteiger charge is 2.20. The maximum Gasteiger partial charge on any atom is 0.252 e. The fourth-order valence-electron chi connectivity index (χ4n) is 1.70. The highest BCUT2D eigenvalue weighted by Crippen LogP contribution is 2.08. The van der Waals surface area contributed by atoms with Crippen LogP contribution < -0.4 is 10.9 Å². The Hall–Kier alpha value is -1.62. The number of aliphatic hydroxyl groups is 1. The summed E-state index contributed by atoms with van der Waals surface area (Å²) in [5, 5.41) is 11.8. The molecule has 1 amide bonds. The van der Waals surface area contributed by atoms with Gasteiger partial charge in [-0.1, -0.05) is 13.8 Å². The number of rotatable bonds is 5. The Bertz CT molecular complexity index is 504. The predicted octanol–water partition coefficient (Wildman–Crippen LogP) is 1.07. The molecule has 0 atom stereocenters. The molecule has 0 bridgehead atoms. The van der Waals surface area contributed by atoms with Crippen LogP contribution in [0.1, 0.15) is 43.7 Å². The number of pyridine rings is 1. The summed E-state index contributed by atoms with van der Waals surface area (Å²) in [4.78, 5) is 26.3. The van der Waals surface area contributed by atoms with Gasteiger partial charge in [0.2, 0.25) is 5.56 Å². The quantitative estimate of drug-likeness (QED) is 0.745. The monoisotopic (exact) mass is 266 g/mol. The molecule has 0 aliphatic heterocycles. The summed E-state index contributed by atoms with van der Waals surface area (Å²) in [5.41, 5.74) is 0.0678. The maximum atomic E-state index is 12.0. The lowest BCUT2D eigenvalue weighted by Gasteiger charge is -2.23. The highest BCUT2D eigenvalue weighted by atomic mass is 16.3. The van der Waals surface area contributed by atoms with Gasteiger partial charge in [-0.05, 0) is 32.3 Å². The molecule has 1 heterocycles. The van der Waals surface area contributed by atoms with Crippen molar-refractivity contribution >= 4 is 5.91 Å². The number of carbonyl (C=O) groups excluding carboxylic acids is 1. The zero-order chi connectivity index (χ0) is 14.6. The van der Waals surface area contributed by atoms with Crippen LogP contribution in [-0.2, 0) is 6.42 Å². The summed E-state index contributed by atoms with van der Waals surface area (Å²) < 4.78 is 0. The zero-order valence-corrected chi connectivity index (χ0v) is 11.9. The molecule has 1 rings (SSSR count). The number of nitrogens with one attached hydrogen (secondary N) is 2. The molecule has 0 spiro atoms. The van der Waals surface area contributed by atoms with Gasteiger partial charge in [0, 0.05) is 17.3 Å². The fourth-order valence-corrected chi connectivity index (χ4v) is 1.70. The SMILES string of the molecule is CC(C)Cc1cc(C(=O)NC(C)(C)CO)cc(=O)[nH]1. The van der Waals surface area contributed by atoms with E-state index in [9.17, 15) is 9.59 Å². The van der Waals surface area contributed by atoms with E-state index in [1.807, 2.05) is 13.8 Å². The van der Waals surface area contributed by atoms with E-state index in [4.69, 9.17) is 5.11 Å². The molecular formula is C14H22N2O3. The van der Waals surface area contributed by atoms with Crippen molar-refractivity contribution in [1.82, 2.24) is 10.3 Å². The normalized spacial score (nSPS) is 11.7. The molecule has 0 aromatic carbocycles. The van der Waals surface area contributed by atoms with Gasteiger partial charge < -0.3 is 15.4 Å². The van der Waals surface area contributed by atoms with Crippen LogP contribution in [0.15, 0.2) is 16.9 Å². The molecule has 5 heteroatoms. The summed E-state index contributed by atoms with van der Waals surface area (Å²) in [6, 6.07) is 2.96. The first-order valence-electron chi connectivity index (χ1n) is 6.40. The third-order valence-corrected chi connectivity index (χ3v) is 2.64. The van der Waals surface area contributed by atoms with E-state index < -0.39 is 5.54 Å². The molecule has 0 saturated carbocycles. The highest BCUT2D eigenvalue weighted by molar-refractivity contribution is 5.94. The summed E-state index contributed by atoms with van der Waals surface area (Å²) in [6.45, 7) is 7.35. The average Bonchev–Trinajstić information content (AvgIpc) is 2.26. The van der Waals surface area contributed by atoms with E-state index in [1.54, 1.807) is 19.9 Å². The van der Waals surface area contributed by atoms with Crippen molar-refractivity contribution in [3.05, 3.63) is 33.7 Å². The second kappa shape index (κ2) is 6.02. The fraction of sp³-hybridized carbons (Fsp3) is 0.571. The Morgan fingerprint density at radius 2 is 2.05 bits per heavy atom. The third kappa shape index (κ3) is 4.87. The number of hydrogen-bond donors (Lipinski definition) is 3. The third-order valence-electron chi connectivity index (χ3n) is 2.64. The molecule has 0 fully saturated rings. The Balaban J connectivity index is 2.97. The van der Waals surface area contributed by atoms with Crippen LogP contribution in [0.25, 0.3) is 0 Å². The van der Waals surface area contributed by atoms with E-state index in [0.717, 1.165) is 5.69 Å². The molecule has 106 valence electrons. The number of amides is 1. The molecule has 0 saturated heterocycles. The molecule has 19 heavy (non-hydrogen) atoms. The van der Waals surface area contributed by atoms with Gasteiger partial charge in [0.25, 0.3) is 5.91 Å². The van der Waals surface area contributed by atoms with E-state index in [-0.39, 0.29) is 18.1 Å². The van der Waals surface area contributed by atoms with Gasteiger partial charge in [-0.15, -0.1) is 0 Å². The zero-order valence-electron chi connectivity index (χ0n) is 11.9. The number of hydrogen-bond acceptors (Lipinski definition) is 3.